The predicted molar refractivity (Wildman–Crippen MR) is 120 cm³/mol. The molecule has 1 heterocycles. The minimum absolute atomic E-state index is 0.0789. The molecule has 1 fully saturated rings. The average Bonchev–Trinajstić information content (AvgIpc) is 3.00. The summed E-state index contributed by atoms with van der Waals surface area (Å²) in [7, 11) is 4.53. The third kappa shape index (κ3) is 3.86. The quantitative estimate of drug-likeness (QED) is 0.525. The van der Waals surface area contributed by atoms with Gasteiger partial charge in [0, 0.05) is 5.56 Å². The molecule has 156 valence electrons. The number of carboxylic acids is 1. The Balaban J connectivity index is 2.05. The van der Waals surface area contributed by atoms with E-state index in [1.165, 1.54) is 38.4 Å². The van der Waals surface area contributed by atoms with Crippen LogP contribution in [0.1, 0.15) is 21.5 Å². The molecule has 1 saturated heterocycles. The van der Waals surface area contributed by atoms with E-state index in [9.17, 15) is 14.7 Å². The molecule has 0 saturated carbocycles. The minimum atomic E-state index is -1.08. The normalized spacial score (nSPS) is 14.9. The zero-order valence-corrected chi connectivity index (χ0v) is 18.3. The number of hydrogen-bond donors (Lipinski definition) is 1. The van der Waals surface area contributed by atoms with E-state index >= 15 is 0 Å². The number of thioether (sulfide) groups is 1. The van der Waals surface area contributed by atoms with E-state index < -0.39 is 5.97 Å². The van der Waals surface area contributed by atoms with Gasteiger partial charge in [-0.25, -0.2) is 4.79 Å². The number of methoxy groups -OCH3 is 3. The third-order valence-electron chi connectivity index (χ3n) is 4.51. The highest BCUT2D eigenvalue weighted by Gasteiger charge is 2.35. The van der Waals surface area contributed by atoms with Gasteiger partial charge in [0.2, 0.25) is 5.75 Å². The molecule has 30 heavy (non-hydrogen) atoms. The van der Waals surface area contributed by atoms with Gasteiger partial charge in [-0.3, -0.25) is 9.69 Å². The molecule has 9 heteroatoms. The van der Waals surface area contributed by atoms with Crippen LogP contribution in [0.15, 0.2) is 35.2 Å². The fourth-order valence-corrected chi connectivity index (χ4v) is 4.31. The van der Waals surface area contributed by atoms with Gasteiger partial charge in [-0.1, -0.05) is 30.0 Å². The van der Waals surface area contributed by atoms with Gasteiger partial charge in [0.1, 0.15) is 0 Å². The molecule has 0 atom stereocenters. The Labute approximate surface area is 183 Å². The lowest BCUT2D eigenvalue weighted by Crippen LogP contribution is -2.28. The van der Waals surface area contributed by atoms with Crippen LogP contribution in [-0.2, 0) is 4.79 Å². The number of carboxylic acid groups (broad SMARTS) is 1. The summed E-state index contributed by atoms with van der Waals surface area (Å²) < 4.78 is 16.5. The van der Waals surface area contributed by atoms with Crippen molar-refractivity contribution >= 4 is 51.9 Å². The van der Waals surface area contributed by atoms with Crippen LogP contribution in [-0.4, -0.2) is 42.6 Å². The average molecular weight is 446 g/mol. The highest BCUT2D eigenvalue weighted by atomic mass is 32.2. The monoisotopic (exact) mass is 445 g/mol. The van der Waals surface area contributed by atoms with Gasteiger partial charge in [0.25, 0.3) is 5.91 Å². The molecule has 2 aromatic carbocycles. The van der Waals surface area contributed by atoms with Gasteiger partial charge in [-0.2, -0.15) is 0 Å². The van der Waals surface area contributed by atoms with Gasteiger partial charge in [-0.15, -0.1) is 0 Å². The topological polar surface area (TPSA) is 85.3 Å². The Hall–Kier alpha value is -3.04. The maximum Gasteiger partial charge on any atom is 0.335 e. The molecule has 1 aliphatic heterocycles. The minimum Gasteiger partial charge on any atom is -0.493 e. The van der Waals surface area contributed by atoms with E-state index in [2.05, 4.69) is 0 Å². The number of carbonyl (C=O) groups is 2. The number of aromatic carboxylic acids is 1. The molecule has 2 aromatic rings. The van der Waals surface area contributed by atoms with Gasteiger partial charge in [0.05, 0.1) is 37.5 Å². The highest BCUT2D eigenvalue weighted by molar-refractivity contribution is 8.27. The van der Waals surface area contributed by atoms with E-state index in [4.69, 9.17) is 26.4 Å². The summed E-state index contributed by atoms with van der Waals surface area (Å²) >= 11 is 6.55. The molecule has 0 bridgehead atoms. The number of aryl methyl sites for hydroxylation is 1. The lowest BCUT2D eigenvalue weighted by Gasteiger charge is -2.18. The zero-order chi connectivity index (χ0) is 22.0. The molecule has 0 aromatic heterocycles. The highest BCUT2D eigenvalue weighted by Crippen LogP contribution is 2.43. The SMILES string of the molecule is COc1ccc(C=C2SC(=S)N(c3cc(C(=O)O)ccc3C)C2=O)c(OC)c1OC. The van der Waals surface area contributed by atoms with E-state index in [0.717, 1.165) is 17.3 Å². The van der Waals surface area contributed by atoms with Crippen molar-refractivity contribution in [2.45, 2.75) is 6.92 Å². The summed E-state index contributed by atoms with van der Waals surface area (Å²) in [5, 5.41) is 9.28. The first-order chi connectivity index (χ1) is 14.3. The molecule has 1 aliphatic rings. The Morgan fingerprint density at radius 1 is 1.10 bits per heavy atom. The van der Waals surface area contributed by atoms with Gasteiger partial charge < -0.3 is 19.3 Å². The van der Waals surface area contributed by atoms with Crippen LogP contribution in [0.5, 0.6) is 17.2 Å². The number of rotatable bonds is 6. The first-order valence-corrected chi connectivity index (χ1v) is 9.95. The number of nitrogens with zero attached hydrogens (tertiary/aromatic N) is 1. The van der Waals surface area contributed by atoms with Crippen LogP contribution < -0.4 is 19.1 Å². The summed E-state index contributed by atoms with van der Waals surface area (Å²) in [6.45, 7) is 1.79. The molecule has 3 rings (SSSR count). The van der Waals surface area contributed by atoms with Crippen LogP contribution in [0, 0.1) is 6.92 Å². The van der Waals surface area contributed by atoms with Crippen molar-refractivity contribution in [2.75, 3.05) is 26.2 Å². The Bertz CT molecular complexity index is 1080. The Morgan fingerprint density at radius 2 is 1.80 bits per heavy atom. The number of benzene rings is 2. The lowest BCUT2D eigenvalue weighted by atomic mass is 10.1. The molecule has 0 spiro atoms. The number of amides is 1. The van der Waals surface area contributed by atoms with E-state index in [1.807, 2.05) is 0 Å². The molecule has 7 nitrogen and oxygen atoms in total. The van der Waals surface area contributed by atoms with Crippen molar-refractivity contribution in [1.29, 1.82) is 0 Å². The maximum atomic E-state index is 13.1. The van der Waals surface area contributed by atoms with Crippen molar-refractivity contribution in [3.8, 4) is 17.2 Å². The lowest BCUT2D eigenvalue weighted by molar-refractivity contribution is -0.113. The molecular weight excluding hydrogens is 426 g/mol. The standard InChI is InChI=1S/C21H19NO6S2/c1-11-5-6-13(20(24)25)9-14(11)22-19(23)16(30-21(22)29)10-12-7-8-15(26-2)18(28-4)17(12)27-3/h5-10H,1-4H3,(H,24,25). The van der Waals surface area contributed by atoms with E-state index in [1.54, 1.807) is 31.2 Å². The van der Waals surface area contributed by atoms with Crippen LogP contribution in [0.4, 0.5) is 5.69 Å². The molecular formula is C21H19NO6S2. The van der Waals surface area contributed by atoms with Gasteiger partial charge >= 0.3 is 5.97 Å². The van der Waals surface area contributed by atoms with E-state index in [-0.39, 0.29) is 11.5 Å². The number of thiocarbonyl (C=S) groups is 1. The van der Waals surface area contributed by atoms with Crippen molar-refractivity contribution < 1.29 is 28.9 Å². The van der Waals surface area contributed by atoms with Crippen LogP contribution in [0.3, 0.4) is 0 Å². The second kappa shape index (κ2) is 8.76. The Kier molecular flexibility index (Phi) is 6.33. The Morgan fingerprint density at radius 3 is 2.40 bits per heavy atom. The van der Waals surface area contributed by atoms with E-state index in [0.29, 0.717) is 37.7 Å². The molecule has 1 N–H and O–H groups in total. The molecule has 0 unspecified atom stereocenters. The number of ether oxygens (including phenoxy) is 3. The summed E-state index contributed by atoms with van der Waals surface area (Å²) in [6.07, 6.45) is 1.66. The smallest absolute Gasteiger partial charge is 0.335 e. The van der Waals surface area contributed by atoms with Crippen LogP contribution >= 0.6 is 24.0 Å². The predicted octanol–water partition coefficient (Wildman–Crippen LogP) is 4.12. The summed E-state index contributed by atoms with van der Waals surface area (Å²) in [5.74, 6) is -0.0830. The first kappa shape index (κ1) is 21.7. The molecule has 0 radical (unpaired) electrons. The fraction of sp³-hybridized carbons (Fsp3) is 0.190. The largest absolute Gasteiger partial charge is 0.493 e. The van der Waals surface area contributed by atoms with Crippen molar-refractivity contribution in [1.82, 2.24) is 0 Å². The third-order valence-corrected chi connectivity index (χ3v) is 5.81. The van der Waals surface area contributed by atoms with Crippen molar-refractivity contribution in [3.05, 3.63) is 51.9 Å². The molecule has 1 amide bonds. The zero-order valence-electron chi connectivity index (χ0n) is 16.7. The van der Waals surface area contributed by atoms with Crippen LogP contribution in [0.25, 0.3) is 6.08 Å². The number of anilines is 1. The van der Waals surface area contributed by atoms with Crippen molar-refractivity contribution in [3.63, 3.8) is 0 Å². The van der Waals surface area contributed by atoms with Crippen molar-refractivity contribution in [2.24, 2.45) is 0 Å². The summed E-state index contributed by atoms with van der Waals surface area (Å²) in [4.78, 5) is 26.2. The second-order valence-corrected chi connectivity index (χ2v) is 7.92. The fourth-order valence-electron chi connectivity index (χ4n) is 3.04. The number of carbonyl (C=O) groups excluding carboxylic acids is 1. The van der Waals surface area contributed by atoms with Gasteiger partial charge in [0.15, 0.2) is 15.8 Å². The summed E-state index contributed by atoms with van der Waals surface area (Å²) in [5.41, 5.74) is 1.88. The number of hydrogen-bond acceptors (Lipinski definition) is 7. The molecule has 0 aliphatic carbocycles. The van der Waals surface area contributed by atoms with Gasteiger partial charge in [-0.05, 0) is 42.8 Å². The second-order valence-electron chi connectivity index (χ2n) is 6.25. The summed E-state index contributed by atoms with van der Waals surface area (Å²) in [6, 6.07) is 8.06. The van der Waals surface area contributed by atoms with Crippen LogP contribution in [0.2, 0.25) is 0 Å². The first-order valence-electron chi connectivity index (χ1n) is 8.73. The maximum absolute atomic E-state index is 13.1.